The van der Waals surface area contributed by atoms with Crippen molar-refractivity contribution < 1.29 is 9.53 Å². The monoisotopic (exact) mass is 276 g/mol. The SMILES string of the molecule is COc1cccc(NCc2nc(CC(=O)NN)n[nH]2)c1. The van der Waals surface area contributed by atoms with Gasteiger partial charge in [0.05, 0.1) is 20.1 Å². The summed E-state index contributed by atoms with van der Waals surface area (Å²) in [5, 5.41) is 9.87. The van der Waals surface area contributed by atoms with Crippen LogP contribution < -0.4 is 21.3 Å². The number of hydrazine groups is 1. The number of nitrogens with two attached hydrogens (primary N) is 1. The third-order valence-corrected chi connectivity index (χ3v) is 2.59. The minimum Gasteiger partial charge on any atom is -0.497 e. The third-order valence-electron chi connectivity index (χ3n) is 2.59. The second-order valence-electron chi connectivity index (χ2n) is 4.03. The first kappa shape index (κ1) is 13.8. The molecule has 1 amide bonds. The number of aromatic amines is 1. The Bertz CT molecular complexity index is 583. The Morgan fingerprint density at radius 3 is 3.10 bits per heavy atom. The van der Waals surface area contributed by atoms with Gasteiger partial charge in [-0.1, -0.05) is 6.07 Å². The highest BCUT2D eigenvalue weighted by Crippen LogP contribution is 2.16. The van der Waals surface area contributed by atoms with E-state index >= 15 is 0 Å². The number of ether oxygens (including phenoxy) is 1. The van der Waals surface area contributed by atoms with Gasteiger partial charge in [0.2, 0.25) is 5.91 Å². The van der Waals surface area contributed by atoms with E-state index in [2.05, 4.69) is 20.5 Å². The third kappa shape index (κ3) is 3.69. The van der Waals surface area contributed by atoms with Crippen LogP contribution in [0.25, 0.3) is 0 Å². The molecule has 106 valence electrons. The highest BCUT2D eigenvalue weighted by molar-refractivity contribution is 5.76. The van der Waals surface area contributed by atoms with E-state index < -0.39 is 0 Å². The molecular weight excluding hydrogens is 260 g/mol. The fraction of sp³-hybridized carbons (Fsp3) is 0.250. The minimum absolute atomic E-state index is 0.0478. The quantitative estimate of drug-likeness (QED) is 0.334. The van der Waals surface area contributed by atoms with Crippen LogP contribution in [0.5, 0.6) is 5.75 Å². The standard InChI is InChI=1S/C12H16N6O2/c1-20-9-4-2-3-8(5-9)14-7-11-15-10(17-18-11)6-12(19)16-13/h2-5,14H,6-7,13H2,1H3,(H,16,19)(H,15,17,18). The van der Waals surface area contributed by atoms with E-state index in [1.165, 1.54) is 0 Å². The molecule has 0 aliphatic rings. The number of benzene rings is 1. The van der Waals surface area contributed by atoms with Crippen molar-refractivity contribution in [3.8, 4) is 5.75 Å². The van der Waals surface area contributed by atoms with Gasteiger partial charge in [0.25, 0.3) is 0 Å². The maximum Gasteiger partial charge on any atom is 0.241 e. The zero-order valence-electron chi connectivity index (χ0n) is 11.0. The summed E-state index contributed by atoms with van der Waals surface area (Å²) in [4.78, 5) is 15.3. The van der Waals surface area contributed by atoms with Crippen molar-refractivity contribution in [2.75, 3.05) is 12.4 Å². The van der Waals surface area contributed by atoms with Gasteiger partial charge in [0.1, 0.15) is 11.6 Å². The van der Waals surface area contributed by atoms with E-state index in [9.17, 15) is 4.79 Å². The molecule has 1 aromatic heterocycles. The summed E-state index contributed by atoms with van der Waals surface area (Å²) in [7, 11) is 1.62. The van der Waals surface area contributed by atoms with E-state index in [0.29, 0.717) is 18.2 Å². The molecule has 0 radical (unpaired) electrons. The van der Waals surface area contributed by atoms with Gasteiger partial charge in [-0.3, -0.25) is 15.3 Å². The number of hydrogen-bond acceptors (Lipinski definition) is 6. The van der Waals surface area contributed by atoms with Gasteiger partial charge < -0.3 is 10.1 Å². The van der Waals surface area contributed by atoms with Crippen molar-refractivity contribution in [1.29, 1.82) is 0 Å². The summed E-state index contributed by atoms with van der Waals surface area (Å²) >= 11 is 0. The first-order valence-corrected chi connectivity index (χ1v) is 5.99. The number of methoxy groups -OCH3 is 1. The Kier molecular flexibility index (Phi) is 4.51. The predicted octanol–water partition coefficient (Wildman–Crippen LogP) is -0.0422. The van der Waals surface area contributed by atoms with Gasteiger partial charge in [-0.2, -0.15) is 5.10 Å². The van der Waals surface area contributed by atoms with Crippen LogP contribution in [0.1, 0.15) is 11.6 Å². The number of H-pyrrole nitrogens is 1. The lowest BCUT2D eigenvalue weighted by atomic mass is 10.3. The number of rotatable bonds is 6. The molecule has 1 aromatic carbocycles. The maximum absolute atomic E-state index is 11.1. The number of anilines is 1. The summed E-state index contributed by atoms with van der Waals surface area (Å²) in [6.07, 6.45) is 0.0478. The molecule has 8 nitrogen and oxygen atoms in total. The van der Waals surface area contributed by atoms with E-state index in [1.54, 1.807) is 7.11 Å². The molecule has 0 aliphatic carbocycles. The van der Waals surface area contributed by atoms with Crippen LogP contribution in [-0.2, 0) is 17.8 Å². The lowest BCUT2D eigenvalue weighted by molar-refractivity contribution is -0.120. The topological polar surface area (TPSA) is 118 Å². The summed E-state index contributed by atoms with van der Waals surface area (Å²) in [5.41, 5.74) is 2.94. The minimum atomic E-state index is -0.337. The van der Waals surface area contributed by atoms with E-state index in [4.69, 9.17) is 10.6 Å². The second kappa shape index (κ2) is 6.53. The van der Waals surface area contributed by atoms with Crippen LogP contribution in [0.3, 0.4) is 0 Å². The highest BCUT2D eigenvalue weighted by Gasteiger charge is 2.07. The van der Waals surface area contributed by atoms with Gasteiger partial charge in [0.15, 0.2) is 5.82 Å². The first-order chi connectivity index (χ1) is 9.71. The van der Waals surface area contributed by atoms with Gasteiger partial charge in [-0.25, -0.2) is 10.8 Å². The summed E-state index contributed by atoms with van der Waals surface area (Å²) in [6, 6.07) is 7.54. The molecule has 0 unspecified atom stereocenters. The number of carbonyl (C=O) groups excluding carboxylic acids is 1. The number of amides is 1. The largest absolute Gasteiger partial charge is 0.497 e. The van der Waals surface area contributed by atoms with Crippen LogP contribution in [0.15, 0.2) is 24.3 Å². The molecule has 2 aromatic rings. The van der Waals surface area contributed by atoms with Gasteiger partial charge in [-0.15, -0.1) is 0 Å². The van der Waals surface area contributed by atoms with Crippen molar-refractivity contribution in [1.82, 2.24) is 20.6 Å². The number of nitrogens with one attached hydrogen (secondary N) is 3. The molecule has 0 bridgehead atoms. The molecular formula is C12H16N6O2. The maximum atomic E-state index is 11.1. The lowest BCUT2D eigenvalue weighted by Gasteiger charge is -2.05. The predicted molar refractivity (Wildman–Crippen MR) is 72.7 cm³/mol. The summed E-state index contributed by atoms with van der Waals surface area (Å²) in [5.74, 6) is 6.46. The molecule has 0 saturated carbocycles. The Morgan fingerprint density at radius 1 is 1.50 bits per heavy atom. The molecule has 0 aliphatic heterocycles. The van der Waals surface area contributed by atoms with Gasteiger partial charge in [-0.05, 0) is 12.1 Å². The zero-order chi connectivity index (χ0) is 14.4. The summed E-state index contributed by atoms with van der Waals surface area (Å²) in [6.45, 7) is 0.463. The molecule has 0 saturated heterocycles. The number of aromatic nitrogens is 3. The first-order valence-electron chi connectivity index (χ1n) is 5.99. The Labute approximate surface area is 115 Å². The lowest BCUT2D eigenvalue weighted by Crippen LogP contribution is -2.31. The van der Waals surface area contributed by atoms with Crippen molar-refractivity contribution in [3.63, 3.8) is 0 Å². The summed E-state index contributed by atoms with van der Waals surface area (Å²) < 4.78 is 5.14. The molecule has 2 rings (SSSR count). The fourth-order valence-corrected chi connectivity index (χ4v) is 1.61. The number of hydrogen-bond donors (Lipinski definition) is 4. The normalized spacial score (nSPS) is 10.1. The van der Waals surface area contributed by atoms with Crippen LogP contribution in [-0.4, -0.2) is 28.2 Å². The number of nitrogens with zero attached hydrogens (tertiary/aromatic N) is 2. The molecule has 0 spiro atoms. The molecule has 8 heteroatoms. The fourth-order valence-electron chi connectivity index (χ4n) is 1.61. The molecule has 0 fully saturated rings. The molecule has 5 N–H and O–H groups in total. The van der Waals surface area contributed by atoms with Crippen LogP contribution >= 0.6 is 0 Å². The second-order valence-corrected chi connectivity index (χ2v) is 4.03. The Morgan fingerprint density at radius 2 is 2.35 bits per heavy atom. The van der Waals surface area contributed by atoms with Crippen molar-refractivity contribution in [2.45, 2.75) is 13.0 Å². The van der Waals surface area contributed by atoms with Crippen molar-refractivity contribution >= 4 is 11.6 Å². The van der Waals surface area contributed by atoms with Crippen molar-refractivity contribution in [2.24, 2.45) is 5.84 Å². The van der Waals surface area contributed by atoms with Crippen LogP contribution in [0.2, 0.25) is 0 Å². The highest BCUT2D eigenvalue weighted by atomic mass is 16.5. The van der Waals surface area contributed by atoms with E-state index in [0.717, 1.165) is 11.4 Å². The van der Waals surface area contributed by atoms with Crippen LogP contribution in [0, 0.1) is 0 Å². The Hall–Kier alpha value is -2.61. The van der Waals surface area contributed by atoms with Crippen LogP contribution in [0.4, 0.5) is 5.69 Å². The van der Waals surface area contributed by atoms with Gasteiger partial charge >= 0.3 is 0 Å². The van der Waals surface area contributed by atoms with Gasteiger partial charge in [0, 0.05) is 11.8 Å². The molecule has 20 heavy (non-hydrogen) atoms. The molecule has 0 atom stereocenters. The average Bonchev–Trinajstić information content (AvgIpc) is 2.92. The van der Waals surface area contributed by atoms with E-state index in [1.807, 2.05) is 29.7 Å². The number of carbonyl (C=O) groups is 1. The Balaban J connectivity index is 1.92. The molecule has 1 heterocycles. The van der Waals surface area contributed by atoms with E-state index in [-0.39, 0.29) is 12.3 Å². The average molecular weight is 276 g/mol. The smallest absolute Gasteiger partial charge is 0.241 e. The van der Waals surface area contributed by atoms with Crippen molar-refractivity contribution in [3.05, 3.63) is 35.9 Å². The zero-order valence-corrected chi connectivity index (χ0v) is 11.0.